The van der Waals surface area contributed by atoms with Gasteiger partial charge in [-0.15, -0.1) is 0 Å². The van der Waals surface area contributed by atoms with E-state index in [0.717, 1.165) is 17.9 Å². The van der Waals surface area contributed by atoms with Crippen molar-refractivity contribution in [3.63, 3.8) is 0 Å². The molecule has 1 saturated carbocycles. The lowest BCUT2D eigenvalue weighted by molar-refractivity contribution is 0.175. The van der Waals surface area contributed by atoms with Gasteiger partial charge in [-0.3, -0.25) is 0 Å². The van der Waals surface area contributed by atoms with Crippen LogP contribution in [0.4, 0.5) is 0 Å². The second-order valence-electron chi connectivity index (χ2n) is 5.47. The van der Waals surface area contributed by atoms with E-state index in [0.29, 0.717) is 5.54 Å². The van der Waals surface area contributed by atoms with Crippen LogP contribution in [0.1, 0.15) is 43.9 Å². The van der Waals surface area contributed by atoms with E-state index in [-0.39, 0.29) is 0 Å². The smallest absolute Gasteiger partial charge is 0.134 e. The summed E-state index contributed by atoms with van der Waals surface area (Å²) >= 11 is 0. The lowest BCUT2D eigenvalue weighted by atomic mass is 9.75. The number of benzene rings is 1. The van der Waals surface area contributed by atoms with E-state index in [2.05, 4.69) is 31.3 Å². The standard InChI is InChI=1S/C16H21NO/c1-3-16(9-6-10-16)17-11-14-12(2)18-15-8-5-4-7-13(14)15/h4-5,7-8,17H,3,6,9-11H2,1-2H3. The van der Waals surface area contributed by atoms with Crippen molar-refractivity contribution in [1.82, 2.24) is 5.32 Å². The van der Waals surface area contributed by atoms with Crippen molar-refractivity contribution in [3.8, 4) is 0 Å². The van der Waals surface area contributed by atoms with Gasteiger partial charge in [-0.2, -0.15) is 0 Å². The quantitative estimate of drug-likeness (QED) is 0.872. The Morgan fingerprint density at radius 3 is 2.72 bits per heavy atom. The van der Waals surface area contributed by atoms with Gasteiger partial charge in [0.25, 0.3) is 0 Å². The average molecular weight is 243 g/mol. The summed E-state index contributed by atoms with van der Waals surface area (Å²) < 4.78 is 5.81. The van der Waals surface area contributed by atoms with Crippen LogP contribution in [0.25, 0.3) is 11.0 Å². The molecule has 1 heterocycles. The number of nitrogens with one attached hydrogen (secondary N) is 1. The van der Waals surface area contributed by atoms with Gasteiger partial charge in [0.1, 0.15) is 11.3 Å². The summed E-state index contributed by atoms with van der Waals surface area (Å²) in [4.78, 5) is 0. The topological polar surface area (TPSA) is 25.2 Å². The maximum Gasteiger partial charge on any atom is 0.134 e. The predicted octanol–water partition coefficient (Wildman–Crippen LogP) is 4.16. The van der Waals surface area contributed by atoms with Gasteiger partial charge in [0.05, 0.1) is 0 Å². The molecule has 1 N–H and O–H groups in total. The van der Waals surface area contributed by atoms with E-state index in [4.69, 9.17) is 4.42 Å². The highest BCUT2D eigenvalue weighted by Gasteiger charge is 2.34. The highest BCUT2D eigenvalue weighted by molar-refractivity contribution is 5.82. The Morgan fingerprint density at radius 1 is 1.28 bits per heavy atom. The fourth-order valence-electron chi connectivity index (χ4n) is 2.98. The van der Waals surface area contributed by atoms with E-state index >= 15 is 0 Å². The number of aryl methyl sites for hydroxylation is 1. The Balaban J connectivity index is 1.84. The second kappa shape index (κ2) is 4.43. The largest absolute Gasteiger partial charge is 0.461 e. The van der Waals surface area contributed by atoms with Crippen molar-refractivity contribution in [2.45, 2.75) is 51.6 Å². The molecule has 0 aliphatic heterocycles. The highest BCUT2D eigenvalue weighted by Crippen LogP contribution is 2.35. The Morgan fingerprint density at radius 2 is 2.06 bits per heavy atom. The molecular formula is C16H21NO. The third-order valence-corrected chi connectivity index (χ3v) is 4.53. The van der Waals surface area contributed by atoms with Crippen LogP contribution in [-0.4, -0.2) is 5.54 Å². The number of fused-ring (bicyclic) bond motifs is 1. The summed E-state index contributed by atoms with van der Waals surface area (Å²) in [5, 5.41) is 5.02. The monoisotopic (exact) mass is 243 g/mol. The first-order valence-electron chi connectivity index (χ1n) is 6.96. The van der Waals surface area contributed by atoms with Crippen molar-refractivity contribution >= 4 is 11.0 Å². The number of rotatable bonds is 4. The van der Waals surface area contributed by atoms with Crippen LogP contribution in [0.15, 0.2) is 28.7 Å². The molecule has 0 saturated heterocycles. The van der Waals surface area contributed by atoms with Crippen molar-refractivity contribution in [2.24, 2.45) is 0 Å². The second-order valence-corrected chi connectivity index (χ2v) is 5.47. The fraction of sp³-hybridized carbons (Fsp3) is 0.500. The van der Waals surface area contributed by atoms with Crippen molar-refractivity contribution in [3.05, 3.63) is 35.6 Å². The first kappa shape index (κ1) is 11.8. The van der Waals surface area contributed by atoms with Gasteiger partial charge in [0, 0.05) is 23.0 Å². The normalized spacial score (nSPS) is 17.9. The summed E-state index contributed by atoms with van der Waals surface area (Å²) in [5.41, 5.74) is 2.72. The number of hydrogen-bond donors (Lipinski definition) is 1. The third-order valence-electron chi connectivity index (χ3n) is 4.53. The minimum absolute atomic E-state index is 0.394. The molecule has 2 aromatic rings. The highest BCUT2D eigenvalue weighted by atomic mass is 16.3. The van der Waals surface area contributed by atoms with Gasteiger partial charge < -0.3 is 9.73 Å². The molecule has 2 nitrogen and oxygen atoms in total. The first-order chi connectivity index (χ1) is 8.74. The molecule has 0 radical (unpaired) electrons. The van der Waals surface area contributed by atoms with Gasteiger partial charge in [-0.1, -0.05) is 25.1 Å². The molecule has 1 aromatic carbocycles. The Labute approximate surface area is 108 Å². The van der Waals surface area contributed by atoms with Crippen LogP contribution < -0.4 is 5.32 Å². The molecule has 0 atom stereocenters. The zero-order valence-corrected chi connectivity index (χ0v) is 11.3. The lowest BCUT2D eigenvalue weighted by Gasteiger charge is -2.42. The van der Waals surface area contributed by atoms with E-state index in [1.807, 2.05) is 12.1 Å². The summed E-state index contributed by atoms with van der Waals surface area (Å²) in [5.74, 6) is 1.05. The van der Waals surface area contributed by atoms with E-state index in [1.165, 1.54) is 36.6 Å². The number of hydrogen-bond acceptors (Lipinski definition) is 2. The zero-order valence-electron chi connectivity index (χ0n) is 11.3. The molecule has 0 amide bonds. The SMILES string of the molecule is CCC1(NCc2c(C)oc3ccccc23)CCC1. The summed E-state index contributed by atoms with van der Waals surface area (Å²) in [6.07, 6.45) is 5.23. The molecule has 96 valence electrons. The van der Waals surface area contributed by atoms with Gasteiger partial charge in [-0.25, -0.2) is 0 Å². The van der Waals surface area contributed by atoms with Crippen LogP contribution in [0.5, 0.6) is 0 Å². The molecule has 1 aliphatic rings. The fourth-order valence-corrected chi connectivity index (χ4v) is 2.98. The lowest BCUT2D eigenvalue weighted by Crippen LogP contribution is -2.49. The molecule has 1 fully saturated rings. The zero-order chi connectivity index (χ0) is 12.6. The van der Waals surface area contributed by atoms with Crippen LogP contribution in [0, 0.1) is 6.92 Å². The predicted molar refractivity (Wildman–Crippen MR) is 74.7 cm³/mol. The minimum atomic E-state index is 0.394. The molecule has 2 heteroatoms. The Kier molecular flexibility index (Phi) is 2.90. The minimum Gasteiger partial charge on any atom is -0.461 e. The molecule has 1 aromatic heterocycles. The Bertz CT molecular complexity index is 546. The van der Waals surface area contributed by atoms with Gasteiger partial charge in [-0.05, 0) is 38.7 Å². The van der Waals surface area contributed by atoms with Crippen molar-refractivity contribution < 1.29 is 4.42 Å². The molecule has 3 rings (SSSR count). The van der Waals surface area contributed by atoms with E-state index in [1.54, 1.807) is 0 Å². The summed E-state index contributed by atoms with van der Waals surface area (Å²) in [6.45, 7) is 5.28. The van der Waals surface area contributed by atoms with Crippen LogP contribution in [-0.2, 0) is 6.54 Å². The molecule has 1 aliphatic carbocycles. The van der Waals surface area contributed by atoms with Crippen molar-refractivity contribution in [1.29, 1.82) is 0 Å². The first-order valence-corrected chi connectivity index (χ1v) is 6.96. The molecule has 0 spiro atoms. The van der Waals surface area contributed by atoms with E-state index < -0.39 is 0 Å². The maximum atomic E-state index is 5.81. The van der Waals surface area contributed by atoms with Crippen LogP contribution in [0.2, 0.25) is 0 Å². The van der Waals surface area contributed by atoms with Crippen molar-refractivity contribution in [2.75, 3.05) is 0 Å². The van der Waals surface area contributed by atoms with Gasteiger partial charge in [0.15, 0.2) is 0 Å². The van der Waals surface area contributed by atoms with Crippen LogP contribution in [0.3, 0.4) is 0 Å². The van der Waals surface area contributed by atoms with Crippen LogP contribution >= 0.6 is 0 Å². The number of para-hydroxylation sites is 1. The molecule has 0 bridgehead atoms. The number of furan rings is 1. The average Bonchev–Trinajstić information content (AvgIpc) is 2.65. The maximum absolute atomic E-state index is 5.81. The molecule has 18 heavy (non-hydrogen) atoms. The summed E-state index contributed by atoms with van der Waals surface area (Å²) in [7, 11) is 0. The third kappa shape index (κ3) is 1.85. The van der Waals surface area contributed by atoms with Gasteiger partial charge in [0.2, 0.25) is 0 Å². The summed E-state index contributed by atoms with van der Waals surface area (Å²) in [6, 6.07) is 8.31. The van der Waals surface area contributed by atoms with Gasteiger partial charge >= 0.3 is 0 Å². The van der Waals surface area contributed by atoms with E-state index in [9.17, 15) is 0 Å². The molecular weight excluding hydrogens is 222 g/mol. The molecule has 0 unspecified atom stereocenters. The Hall–Kier alpha value is -1.28.